The molecule has 2 atom stereocenters. The highest BCUT2D eigenvalue weighted by atomic mass is 16.5. The summed E-state index contributed by atoms with van der Waals surface area (Å²) in [5.74, 6) is 0.550. The first-order valence-corrected chi connectivity index (χ1v) is 7.46. The van der Waals surface area contributed by atoms with E-state index in [9.17, 15) is 4.79 Å². The summed E-state index contributed by atoms with van der Waals surface area (Å²) in [4.78, 5) is 11.9. The molecule has 0 aliphatic carbocycles. The molecule has 2 rings (SSSR count). The van der Waals surface area contributed by atoms with Gasteiger partial charge in [-0.3, -0.25) is 4.79 Å². The zero-order chi connectivity index (χ0) is 15.9. The van der Waals surface area contributed by atoms with Gasteiger partial charge in [-0.25, -0.2) is 0 Å². The molecule has 0 saturated carbocycles. The highest BCUT2D eigenvalue weighted by Gasteiger charge is 2.19. The van der Waals surface area contributed by atoms with E-state index in [1.807, 2.05) is 25.1 Å². The molecule has 0 aromatic heterocycles. The quantitative estimate of drug-likeness (QED) is 0.777. The van der Waals surface area contributed by atoms with Crippen molar-refractivity contribution in [1.29, 1.82) is 0 Å². The van der Waals surface area contributed by atoms with Crippen LogP contribution >= 0.6 is 0 Å². The number of methoxy groups -OCH3 is 1. The van der Waals surface area contributed by atoms with Gasteiger partial charge in [0, 0.05) is 25.6 Å². The molecule has 1 amide bonds. The van der Waals surface area contributed by atoms with Gasteiger partial charge in [-0.1, -0.05) is 12.1 Å². The highest BCUT2D eigenvalue weighted by molar-refractivity contribution is 5.81. The molecule has 122 valence electrons. The number of carbonyl (C=O) groups is 1. The predicted molar refractivity (Wildman–Crippen MR) is 82.7 cm³/mol. The van der Waals surface area contributed by atoms with Gasteiger partial charge in [0.2, 0.25) is 5.91 Å². The van der Waals surface area contributed by atoms with Crippen molar-refractivity contribution in [2.24, 2.45) is 5.73 Å². The Balaban J connectivity index is 1.98. The number of nitrogens with two attached hydrogens (primary N) is 1. The SMILES string of the molecule is COCC(N)C(=O)NCc1ccc(C)cc1OC1CCOC1. The van der Waals surface area contributed by atoms with Crippen molar-refractivity contribution in [3.63, 3.8) is 0 Å². The van der Waals surface area contributed by atoms with Crippen LogP contribution in [0.25, 0.3) is 0 Å². The lowest BCUT2D eigenvalue weighted by molar-refractivity contribution is -0.123. The topological polar surface area (TPSA) is 82.8 Å². The van der Waals surface area contributed by atoms with Crippen LogP contribution in [0.3, 0.4) is 0 Å². The second-order valence-corrected chi connectivity index (χ2v) is 5.49. The summed E-state index contributed by atoms with van der Waals surface area (Å²) in [5, 5.41) is 2.81. The Morgan fingerprint density at radius 1 is 1.55 bits per heavy atom. The molecule has 1 saturated heterocycles. The van der Waals surface area contributed by atoms with E-state index in [0.717, 1.165) is 29.9 Å². The minimum Gasteiger partial charge on any atom is -0.488 e. The Kier molecular flexibility index (Phi) is 6.18. The van der Waals surface area contributed by atoms with E-state index in [0.29, 0.717) is 13.2 Å². The molecular formula is C16H24N2O4. The third-order valence-corrected chi connectivity index (χ3v) is 3.54. The lowest BCUT2D eigenvalue weighted by Gasteiger charge is -2.17. The van der Waals surface area contributed by atoms with E-state index >= 15 is 0 Å². The molecule has 6 heteroatoms. The lowest BCUT2D eigenvalue weighted by atomic mass is 10.1. The molecule has 1 aromatic carbocycles. The van der Waals surface area contributed by atoms with Crippen LogP contribution in [0.1, 0.15) is 17.5 Å². The largest absolute Gasteiger partial charge is 0.488 e. The number of ether oxygens (including phenoxy) is 3. The van der Waals surface area contributed by atoms with Crippen LogP contribution in [0.2, 0.25) is 0 Å². The van der Waals surface area contributed by atoms with Gasteiger partial charge < -0.3 is 25.3 Å². The Bertz CT molecular complexity index is 501. The summed E-state index contributed by atoms with van der Waals surface area (Å²) in [5.41, 5.74) is 7.74. The second-order valence-electron chi connectivity index (χ2n) is 5.49. The first-order valence-electron chi connectivity index (χ1n) is 7.46. The van der Waals surface area contributed by atoms with Crippen LogP contribution in [0.5, 0.6) is 5.75 Å². The molecule has 1 aromatic rings. The van der Waals surface area contributed by atoms with Gasteiger partial charge in [-0.2, -0.15) is 0 Å². The Morgan fingerprint density at radius 2 is 2.36 bits per heavy atom. The monoisotopic (exact) mass is 308 g/mol. The summed E-state index contributed by atoms with van der Waals surface area (Å²) in [6.45, 7) is 3.92. The maximum atomic E-state index is 11.9. The summed E-state index contributed by atoms with van der Waals surface area (Å²) >= 11 is 0. The van der Waals surface area contributed by atoms with Crippen molar-refractivity contribution in [3.8, 4) is 5.75 Å². The van der Waals surface area contributed by atoms with E-state index in [4.69, 9.17) is 19.9 Å². The normalized spacial score (nSPS) is 19.0. The third-order valence-electron chi connectivity index (χ3n) is 3.54. The fraction of sp³-hybridized carbons (Fsp3) is 0.562. The Hall–Kier alpha value is -1.63. The molecule has 3 N–H and O–H groups in total. The minimum absolute atomic E-state index is 0.0759. The number of benzene rings is 1. The standard InChI is InChI=1S/C16H24N2O4/c1-11-3-4-12(8-18-16(19)14(17)10-20-2)15(7-11)22-13-5-6-21-9-13/h3-4,7,13-14H,5-6,8-10,17H2,1-2H3,(H,18,19). The molecule has 1 aliphatic rings. The van der Waals surface area contributed by atoms with Crippen LogP contribution in [0.15, 0.2) is 18.2 Å². The van der Waals surface area contributed by atoms with Gasteiger partial charge in [0.15, 0.2) is 0 Å². The summed E-state index contributed by atoms with van der Waals surface area (Å²) in [7, 11) is 1.52. The number of amides is 1. The maximum absolute atomic E-state index is 11.9. The van der Waals surface area contributed by atoms with E-state index in [1.165, 1.54) is 7.11 Å². The molecule has 1 heterocycles. The number of hydrogen-bond donors (Lipinski definition) is 2. The van der Waals surface area contributed by atoms with Crippen LogP contribution in [0.4, 0.5) is 0 Å². The summed E-state index contributed by atoms with van der Waals surface area (Å²) < 4.78 is 16.2. The van der Waals surface area contributed by atoms with Gasteiger partial charge in [0.05, 0.1) is 19.8 Å². The number of carbonyl (C=O) groups excluding carboxylic acids is 1. The van der Waals surface area contributed by atoms with Crippen molar-refractivity contribution in [2.45, 2.75) is 32.0 Å². The van der Waals surface area contributed by atoms with Gasteiger partial charge in [0.1, 0.15) is 17.9 Å². The Labute approximate surface area is 130 Å². The minimum atomic E-state index is -0.664. The van der Waals surface area contributed by atoms with Gasteiger partial charge in [-0.15, -0.1) is 0 Å². The van der Waals surface area contributed by atoms with Gasteiger partial charge >= 0.3 is 0 Å². The zero-order valence-corrected chi connectivity index (χ0v) is 13.1. The van der Waals surface area contributed by atoms with Crippen LogP contribution in [0, 0.1) is 6.92 Å². The van der Waals surface area contributed by atoms with Gasteiger partial charge in [-0.05, 0) is 18.6 Å². The van der Waals surface area contributed by atoms with Crippen LogP contribution in [-0.4, -0.2) is 45.0 Å². The summed E-state index contributed by atoms with van der Waals surface area (Å²) in [6.07, 6.45) is 0.963. The van der Waals surface area contributed by atoms with E-state index < -0.39 is 6.04 Å². The number of rotatable bonds is 7. The predicted octanol–water partition coefficient (Wildman–Crippen LogP) is 0.753. The number of hydrogen-bond acceptors (Lipinski definition) is 5. The summed E-state index contributed by atoms with van der Waals surface area (Å²) in [6, 6.07) is 5.27. The number of aryl methyl sites for hydroxylation is 1. The van der Waals surface area contributed by atoms with Crippen molar-refractivity contribution in [3.05, 3.63) is 29.3 Å². The van der Waals surface area contributed by atoms with E-state index in [2.05, 4.69) is 5.32 Å². The molecule has 6 nitrogen and oxygen atoms in total. The molecule has 2 unspecified atom stereocenters. The average molecular weight is 308 g/mol. The van der Waals surface area contributed by atoms with Crippen LogP contribution < -0.4 is 15.8 Å². The average Bonchev–Trinajstić information content (AvgIpc) is 2.99. The van der Waals surface area contributed by atoms with Crippen molar-refractivity contribution in [1.82, 2.24) is 5.32 Å². The molecule has 0 spiro atoms. The first-order chi connectivity index (χ1) is 10.6. The number of nitrogens with one attached hydrogen (secondary N) is 1. The van der Waals surface area contributed by atoms with Crippen molar-refractivity contribution < 1.29 is 19.0 Å². The highest BCUT2D eigenvalue weighted by Crippen LogP contribution is 2.23. The molecular weight excluding hydrogens is 284 g/mol. The molecule has 1 aliphatic heterocycles. The van der Waals surface area contributed by atoms with E-state index in [-0.39, 0.29) is 18.6 Å². The van der Waals surface area contributed by atoms with Crippen LogP contribution in [-0.2, 0) is 20.8 Å². The molecule has 0 radical (unpaired) electrons. The first kappa shape index (κ1) is 16.7. The van der Waals surface area contributed by atoms with Crippen molar-refractivity contribution in [2.75, 3.05) is 26.9 Å². The van der Waals surface area contributed by atoms with Crippen molar-refractivity contribution >= 4 is 5.91 Å². The maximum Gasteiger partial charge on any atom is 0.239 e. The third kappa shape index (κ3) is 4.69. The lowest BCUT2D eigenvalue weighted by Crippen LogP contribution is -2.43. The molecule has 22 heavy (non-hydrogen) atoms. The second kappa shape index (κ2) is 8.12. The smallest absolute Gasteiger partial charge is 0.239 e. The van der Waals surface area contributed by atoms with Gasteiger partial charge in [0.25, 0.3) is 0 Å². The molecule has 0 bridgehead atoms. The fourth-order valence-electron chi connectivity index (χ4n) is 2.27. The molecule has 1 fully saturated rings. The fourth-order valence-corrected chi connectivity index (χ4v) is 2.27. The zero-order valence-electron chi connectivity index (χ0n) is 13.1. The van der Waals surface area contributed by atoms with E-state index in [1.54, 1.807) is 0 Å². The Morgan fingerprint density at radius 3 is 3.05 bits per heavy atom.